The minimum atomic E-state index is 0.271. The molecule has 1 unspecified atom stereocenters. The van der Waals surface area contributed by atoms with E-state index in [4.69, 9.17) is 5.73 Å². The number of aryl methyl sites for hydroxylation is 1. The summed E-state index contributed by atoms with van der Waals surface area (Å²) < 4.78 is 2.32. The van der Waals surface area contributed by atoms with Crippen LogP contribution in [0.25, 0.3) is 0 Å². The lowest BCUT2D eigenvalue weighted by Crippen LogP contribution is -2.23. The van der Waals surface area contributed by atoms with Crippen LogP contribution in [0.1, 0.15) is 35.7 Å². The van der Waals surface area contributed by atoms with Crippen LogP contribution in [0.5, 0.6) is 0 Å². The van der Waals surface area contributed by atoms with Gasteiger partial charge in [0.1, 0.15) is 0 Å². The Morgan fingerprint density at radius 1 is 1.22 bits per heavy atom. The largest absolute Gasteiger partial charge is 0.346 e. The molecule has 2 heterocycles. The van der Waals surface area contributed by atoms with Gasteiger partial charge < -0.3 is 10.3 Å². The van der Waals surface area contributed by atoms with Gasteiger partial charge in [-0.2, -0.15) is 0 Å². The Morgan fingerprint density at radius 2 is 2.00 bits per heavy atom. The maximum Gasteiger partial charge on any atom is 0.0566 e. The van der Waals surface area contributed by atoms with E-state index in [1.807, 2.05) is 11.3 Å². The van der Waals surface area contributed by atoms with Gasteiger partial charge in [-0.1, -0.05) is 13.8 Å². The van der Waals surface area contributed by atoms with Crippen LogP contribution in [0.2, 0.25) is 0 Å². The Morgan fingerprint density at radius 3 is 2.67 bits per heavy atom. The van der Waals surface area contributed by atoms with Crippen molar-refractivity contribution in [1.82, 2.24) is 4.57 Å². The van der Waals surface area contributed by atoms with Crippen LogP contribution >= 0.6 is 11.3 Å². The van der Waals surface area contributed by atoms with Gasteiger partial charge in [-0.05, 0) is 37.1 Å². The van der Waals surface area contributed by atoms with Crippen LogP contribution in [0.4, 0.5) is 0 Å². The van der Waals surface area contributed by atoms with Crippen molar-refractivity contribution in [2.24, 2.45) is 5.73 Å². The molecule has 0 saturated heterocycles. The van der Waals surface area contributed by atoms with Crippen LogP contribution in [0.15, 0.2) is 30.5 Å². The van der Waals surface area contributed by atoms with Crippen LogP contribution in [0.3, 0.4) is 0 Å². The summed E-state index contributed by atoms with van der Waals surface area (Å²) in [7, 11) is 0. The smallest absolute Gasteiger partial charge is 0.0566 e. The first kappa shape index (κ1) is 13.4. The fourth-order valence-corrected chi connectivity index (χ4v) is 3.02. The van der Waals surface area contributed by atoms with Crippen molar-refractivity contribution < 1.29 is 0 Å². The molecule has 1 atom stereocenters. The minimum Gasteiger partial charge on any atom is -0.346 e. The van der Waals surface area contributed by atoms with Crippen molar-refractivity contribution in [1.29, 1.82) is 0 Å². The number of nitrogens with two attached hydrogens (primary N) is 1. The van der Waals surface area contributed by atoms with E-state index in [1.54, 1.807) is 0 Å². The summed E-state index contributed by atoms with van der Waals surface area (Å²) in [6.45, 7) is 5.32. The summed E-state index contributed by atoms with van der Waals surface area (Å²) in [4.78, 5) is 2.89. The number of nitrogens with zero attached hydrogens (tertiary/aromatic N) is 1. The minimum absolute atomic E-state index is 0.271. The van der Waals surface area contributed by atoms with Crippen LogP contribution in [-0.2, 0) is 19.4 Å². The fraction of sp³-hybridized carbons (Fsp3) is 0.467. The highest BCUT2D eigenvalue weighted by Gasteiger charge is 2.07. The summed E-state index contributed by atoms with van der Waals surface area (Å²) in [5.74, 6) is 0. The number of hydrogen-bond acceptors (Lipinski definition) is 2. The molecule has 18 heavy (non-hydrogen) atoms. The highest BCUT2D eigenvalue weighted by molar-refractivity contribution is 7.11. The van der Waals surface area contributed by atoms with Crippen molar-refractivity contribution in [3.05, 3.63) is 45.9 Å². The Bertz CT molecular complexity index is 484. The van der Waals surface area contributed by atoms with Gasteiger partial charge in [0.15, 0.2) is 0 Å². The topological polar surface area (TPSA) is 30.9 Å². The molecule has 0 saturated carbocycles. The quantitative estimate of drug-likeness (QED) is 0.849. The Kier molecular flexibility index (Phi) is 4.61. The first-order valence-corrected chi connectivity index (χ1v) is 7.51. The molecule has 98 valence electrons. The van der Waals surface area contributed by atoms with E-state index in [0.29, 0.717) is 0 Å². The summed E-state index contributed by atoms with van der Waals surface area (Å²) >= 11 is 1.91. The van der Waals surface area contributed by atoms with Gasteiger partial charge in [-0.25, -0.2) is 0 Å². The molecule has 2 rings (SSSR count). The molecule has 2 nitrogen and oxygen atoms in total. The Labute approximate surface area is 113 Å². The van der Waals surface area contributed by atoms with Gasteiger partial charge in [0.05, 0.1) is 6.54 Å². The first-order valence-electron chi connectivity index (χ1n) is 6.70. The molecule has 0 spiro atoms. The standard InChI is InChI=1S/C15H22N2S/c1-3-12(16)10-13-6-5-9-17(13)11-15-8-7-14(4-2)18-15/h5-9,12H,3-4,10-11,16H2,1-2H3. The van der Waals surface area contributed by atoms with Crippen molar-refractivity contribution in [2.45, 2.75) is 45.7 Å². The lowest BCUT2D eigenvalue weighted by molar-refractivity contribution is 0.611. The molecule has 0 aliphatic rings. The average molecular weight is 262 g/mol. The molecular weight excluding hydrogens is 240 g/mol. The van der Waals surface area contributed by atoms with Gasteiger partial charge in [-0.3, -0.25) is 0 Å². The molecule has 0 aromatic carbocycles. The SMILES string of the molecule is CCc1ccc(Cn2cccc2CC(N)CC)s1. The molecular formula is C15H22N2S. The third-order valence-electron chi connectivity index (χ3n) is 3.31. The lowest BCUT2D eigenvalue weighted by atomic mass is 10.1. The molecule has 0 aliphatic carbocycles. The molecule has 2 aromatic heterocycles. The van der Waals surface area contributed by atoms with E-state index in [1.165, 1.54) is 15.4 Å². The van der Waals surface area contributed by atoms with E-state index in [2.05, 4.69) is 48.9 Å². The van der Waals surface area contributed by atoms with E-state index >= 15 is 0 Å². The lowest BCUT2D eigenvalue weighted by Gasteiger charge is -2.12. The zero-order chi connectivity index (χ0) is 13.0. The first-order chi connectivity index (χ1) is 8.72. The molecule has 0 aliphatic heterocycles. The van der Waals surface area contributed by atoms with Crippen molar-refractivity contribution in [3.63, 3.8) is 0 Å². The van der Waals surface area contributed by atoms with Gasteiger partial charge in [0, 0.05) is 34.1 Å². The second kappa shape index (κ2) is 6.21. The number of rotatable bonds is 6. The number of thiophene rings is 1. The van der Waals surface area contributed by atoms with Crippen LogP contribution in [-0.4, -0.2) is 10.6 Å². The molecule has 2 aromatic rings. The molecule has 0 amide bonds. The van der Waals surface area contributed by atoms with Crippen LogP contribution in [0, 0.1) is 0 Å². The van der Waals surface area contributed by atoms with E-state index in [-0.39, 0.29) is 6.04 Å². The van der Waals surface area contributed by atoms with E-state index in [0.717, 1.165) is 25.8 Å². The predicted octanol–water partition coefficient (Wildman–Crippen LogP) is 3.44. The van der Waals surface area contributed by atoms with E-state index in [9.17, 15) is 0 Å². The van der Waals surface area contributed by atoms with Crippen molar-refractivity contribution in [3.8, 4) is 0 Å². The molecule has 0 radical (unpaired) electrons. The highest BCUT2D eigenvalue weighted by Crippen LogP contribution is 2.19. The second-order valence-electron chi connectivity index (χ2n) is 4.72. The average Bonchev–Trinajstić information content (AvgIpc) is 3.00. The van der Waals surface area contributed by atoms with Gasteiger partial charge >= 0.3 is 0 Å². The number of aromatic nitrogens is 1. The van der Waals surface area contributed by atoms with E-state index < -0.39 is 0 Å². The Balaban J connectivity index is 2.07. The molecule has 0 bridgehead atoms. The Hall–Kier alpha value is -1.06. The summed E-state index contributed by atoms with van der Waals surface area (Å²) in [5, 5.41) is 0. The third-order valence-corrected chi connectivity index (χ3v) is 4.53. The maximum absolute atomic E-state index is 6.04. The molecule has 2 N–H and O–H groups in total. The van der Waals surface area contributed by atoms with Crippen molar-refractivity contribution >= 4 is 11.3 Å². The molecule has 0 fully saturated rings. The second-order valence-corrected chi connectivity index (χ2v) is 5.97. The van der Waals surface area contributed by atoms with Crippen LogP contribution < -0.4 is 5.73 Å². The predicted molar refractivity (Wildman–Crippen MR) is 79.2 cm³/mol. The summed E-state index contributed by atoms with van der Waals surface area (Å²) in [5.41, 5.74) is 7.38. The third kappa shape index (κ3) is 3.24. The normalized spacial score (nSPS) is 12.8. The maximum atomic E-state index is 6.04. The highest BCUT2D eigenvalue weighted by atomic mass is 32.1. The van der Waals surface area contributed by atoms with Crippen molar-refractivity contribution in [2.75, 3.05) is 0 Å². The van der Waals surface area contributed by atoms with Gasteiger partial charge in [0.2, 0.25) is 0 Å². The zero-order valence-electron chi connectivity index (χ0n) is 11.2. The van der Waals surface area contributed by atoms with Gasteiger partial charge in [-0.15, -0.1) is 11.3 Å². The molecule has 3 heteroatoms. The monoisotopic (exact) mass is 262 g/mol. The van der Waals surface area contributed by atoms with Gasteiger partial charge in [0.25, 0.3) is 0 Å². The summed E-state index contributed by atoms with van der Waals surface area (Å²) in [6.07, 6.45) is 5.28. The zero-order valence-corrected chi connectivity index (χ0v) is 12.0. The number of hydrogen-bond donors (Lipinski definition) is 1. The fourth-order valence-electron chi connectivity index (χ4n) is 2.07. The summed E-state index contributed by atoms with van der Waals surface area (Å²) in [6, 6.07) is 9.05.